The number of hydrogen-bond donors (Lipinski definition) is 28. The van der Waals surface area contributed by atoms with E-state index in [1.807, 2.05) is 0 Å². The molecule has 0 aromatic rings. The minimum atomic E-state index is -2.37. The van der Waals surface area contributed by atoms with Crippen molar-refractivity contribution in [2.45, 2.75) is 276 Å². The first-order valence-corrected chi connectivity index (χ1v) is 31.8. The van der Waals surface area contributed by atoms with Crippen LogP contribution in [0.5, 0.6) is 0 Å². The molecule has 1 unspecified atom stereocenters. The molecule has 99 heavy (non-hydrogen) atoms. The van der Waals surface area contributed by atoms with Crippen LogP contribution in [0.1, 0.15) is 0 Å². The zero-order chi connectivity index (χ0) is 72.1. The average Bonchev–Trinajstić information content (AvgIpc) is 0.789. The molecular weight excluding hydrogens is 1370 g/mol. The van der Waals surface area contributed by atoms with E-state index in [4.69, 9.17) is 80.5 Å². The van der Waals surface area contributed by atoms with Crippen LogP contribution in [0, 0.1) is 0 Å². The normalized spacial score (nSPS) is 55.1. The minimum absolute atomic E-state index is 0.637. The highest BCUT2D eigenvalue weighted by Crippen LogP contribution is 2.40. The summed E-state index contributed by atoms with van der Waals surface area (Å²) in [5.41, 5.74) is 0. The van der Waals surface area contributed by atoms with Gasteiger partial charge >= 0.3 is 0 Å². The van der Waals surface area contributed by atoms with Gasteiger partial charge in [-0.3, -0.25) is 0 Å². The van der Waals surface area contributed by atoms with Crippen molar-refractivity contribution in [3.05, 3.63) is 0 Å². The second-order valence-corrected chi connectivity index (χ2v) is 25.5. The first-order valence-electron chi connectivity index (χ1n) is 31.8. The Kier molecular flexibility index (Phi) is 27.4. The highest BCUT2D eigenvalue weighted by Gasteiger charge is 2.61. The Morgan fingerprint density at radius 2 is 0.444 bits per heavy atom. The molecule has 45 atom stereocenters. The molecule has 576 valence electrons. The van der Waals surface area contributed by atoms with Gasteiger partial charge in [0.25, 0.3) is 0 Å². The van der Waals surface area contributed by atoms with Crippen LogP contribution in [0.25, 0.3) is 0 Å². The molecule has 23 saturated heterocycles. The molecule has 0 spiro atoms. The van der Waals surface area contributed by atoms with E-state index in [1.54, 1.807) is 0 Å². The third-order valence-corrected chi connectivity index (χ3v) is 19.1. The number of nitrogens with one attached hydrogen (secondary N) is 1. The molecular formula is C54H91NO44. The maximum atomic E-state index is 12.0. The van der Waals surface area contributed by atoms with Crippen LogP contribution in [0.4, 0.5) is 0 Å². The van der Waals surface area contributed by atoms with E-state index < -0.39 is 336 Å². The van der Waals surface area contributed by atoms with Crippen LogP contribution < -0.4 is 5.32 Å². The summed E-state index contributed by atoms with van der Waals surface area (Å²) in [4.78, 5) is 0. The molecule has 23 aliphatic heterocycles. The van der Waals surface area contributed by atoms with E-state index in [0.717, 1.165) is 0 Å². The molecule has 0 aromatic carbocycles. The third-order valence-electron chi connectivity index (χ3n) is 19.1. The number of ether oxygens (including phenoxy) is 17. The molecule has 0 radical (unpaired) electrons. The Morgan fingerprint density at radius 1 is 0.202 bits per heavy atom. The second-order valence-electron chi connectivity index (χ2n) is 25.5. The molecule has 14 bridgehead atoms. The molecule has 28 N–H and O–H groups in total. The third kappa shape index (κ3) is 16.1. The van der Waals surface area contributed by atoms with Crippen LogP contribution >= 0.6 is 0 Å². The number of aliphatic hydroxyl groups is 27. The summed E-state index contributed by atoms with van der Waals surface area (Å²) in [6, 6.07) is 0. The fourth-order valence-corrected chi connectivity index (χ4v) is 13.4. The molecule has 23 fully saturated rings. The van der Waals surface area contributed by atoms with E-state index in [0.29, 0.717) is 0 Å². The van der Waals surface area contributed by atoms with Gasteiger partial charge in [0, 0.05) is 13.1 Å². The molecule has 0 aliphatic carbocycles. The lowest BCUT2D eigenvalue weighted by Crippen LogP contribution is -2.68. The molecule has 23 heterocycles. The van der Waals surface area contributed by atoms with Gasteiger partial charge in [0.2, 0.25) is 0 Å². The second kappa shape index (κ2) is 34.0. The summed E-state index contributed by atoms with van der Waals surface area (Å²) in [6.07, 6.45) is -92.9. The van der Waals surface area contributed by atoms with Gasteiger partial charge < -0.3 is 224 Å². The summed E-state index contributed by atoms with van der Waals surface area (Å²) in [5.74, 6) is 0. The molecule has 23 aliphatic rings. The summed E-state index contributed by atoms with van der Waals surface area (Å²) in [5, 5.41) is 302. The van der Waals surface area contributed by atoms with Gasteiger partial charge in [0.1, 0.15) is 220 Å². The number of hydrogen-bond acceptors (Lipinski definition) is 45. The van der Waals surface area contributed by atoms with Gasteiger partial charge in [-0.15, -0.1) is 0 Å². The average molecular weight is 1460 g/mol. The van der Waals surface area contributed by atoms with Gasteiger partial charge in [0.15, 0.2) is 56.6 Å². The van der Waals surface area contributed by atoms with Crippen molar-refractivity contribution in [1.82, 2.24) is 5.32 Å². The number of rotatable bonds is 13. The van der Waals surface area contributed by atoms with Crippen molar-refractivity contribution in [2.24, 2.45) is 0 Å². The first kappa shape index (κ1) is 79.8. The van der Waals surface area contributed by atoms with Crippen molar-refractivity contribution in [1.29, 1.82) is 0 Å². The smallest absolute Gasteiger partial charge is 0.187 e. The monoisotopic (exact) mass is 1460 g/mol. The fraction of sp³-hybridized carbons (Fsp3) is 1.00. The highest BCUT2D eigenvalue weighted by molar-refractivity contribution is 5.03. The van der Waals surface area contributed by atoms with E-state index in [9.17, 15) is 138 Å². The van der Waals surface area contributed by atoms with Gasteiger partial charge in [0.05, 0.1) is 46.2 Å². The van der Waals surface area contributed by atoms with Crippen LogP contribution in [0.3, 0.4) is 0 Å². The Hall–Kier alpha value is -1.80. The SMILES string of the molecule is OC[C@H]1O[C@@H]2O[C@H]3[C@H](O)[C@@H](O)[C@@H](O[C@H]4[C@H](O)[C@@H](O)[C@@H](O[C@H]5[C@H](O)[C@@H](O)[C@@H](O[C@H]6[C@H](O)[C@@H](O)[C@@H](O[C@H]7[C@H](O)[C@@H](O)[C@@H](O[C@H]8[C@H](O)[C@H](O)[C@@H](O[C@H]1[C@H](O)[C@@H]2O)O[C@@H]8CO)O[C@@H]7CNC[C@H]1O[C@@H](O[C@H]2[C@H](O)[C@@H](O)C(O)O[C@@H]2CO)[C@H](O)[C@@H](O)[C@H]1O)O[C@@H]6CO)O[C@@H]5CO)O[C@@H]4CO)O[C@@H]3CO. The van der Waals surface area contributed by atoms with Crippen molar-refractivity contribution < 1.29 is 218 Å². The lowest BCUT2D eigenvalue weighted by atomic mass is 9.95. The van der Waals surface area contributed by atoms with Gasteiger partial charge in [-0.05, 0) is 0 Å². The Bertz CT molecular complexity index is 2460. The summed E-state index contributed by atoms with van der Waals surface area (Å²) in [6.45, 7) is -8.99. The zero-order valence-corrected chi connectivity index (χ0v) is 51.9. The Balaban J connectivity index is 0.932. The van der Waals surface area contributed by atoms with Crippen LogP contribution in [0.2, 0.25) is 0 Å². The lowest BCUT2D eigenvalue weighted by Gasteiger charge is -2.50. The summed E-state index contributed by atoms with van der Waals surface area (Å²) >= 11 is 0. The zero-order valence-electron chi connectivity index (χ0n) is 51.9. The highest BCUT2D eigenvalue weighted by atomic mass is 16.8. The summed E-state index contributed by atoms with van der Waals surface area (Å²) < 4.78 is 97.6. The van der Waals surface area contributed by atoms with Crippen molar-refractivity contribution in [3.63, 3.8) is 0 Å². The van der Waals surface area contributed by atoms with Crippen LogP contribution in [0.15, 0.2) is 0 Å². The molecule has 45 heteroatoms. The van der Waals surface area contributed by atoms with Crippen molar-refractivity contribution in [3.8, 4) is 0 Å². The molecule has 23 rings (SSSR count). The van der Waals surface area contributed by atoms with E-state index >= 15 is 0 Å². The predicted molar refractivity (Wildman–Crippen MR) is 296 cm³/mol. The van der Waals surface area contributed by atoms with E-state index in [-0.39, 0.29) is 0 Å². The quantitative estimate of drug-likeness (QED) is 0.0814. The Labute approximate surface area is 558 Å². The van der Waals surface area contributed by atoms with E-state index in [1.165, 1.54) is 0 Å². The molecule has 0 saturated carbocycles. The van der Waals surface area contributed by atoms with Crippen LogP contribution in [-0.2, 0) is 80.5 Å². The van der Waals surface area contributed by atoms with Gasteiger partial charge in [-0.2, -0.15) is 0 Å². The van der Waals surface area contributed by atoms with Gasteiger partial charge in [-0.25, -0.2) is 0 Å². The fourth-order valence-electron chi connectivity index (χ4n) is 13.4. The van der Waals surface area contributed by atoms with Gasteiger partial charge in [-0.1, -0.05) is 0 Å². The van der Waals surface area contributed by atoms with Crippen molar-refractivity contribution in [2.75, 3.05) is 59.3 Å². The topological polar surface area (TPSA) is 715 Å². The molecule has 0 aromatic heterocycles. The predicted octanol–water partition coefficient (Wildman–Crippen LogP) is -20.0. The first-order chi connectivity index (χ1) is 47.1. The van der Waals surface area contributed by atoms with Crippen molar-refractivity contribution >= 4 is 0 Å². The largest absolute Gasteiger partial charge is 0.394 e. The summed E-state index contributed by atoms with van der Waals surface area (Å²) in [7, 11) is 0. The molecule has 0 amide bonds. The van der Waals surface area contributed by atoms with Crippen LogP contribution in [-0.4, -0.2) is 474 Å². The lowest BCUT2D eigenvalue weighted by molar-refractivity contribution is -0.396. The van der Waals surface area contributed by atoms with E-state index in [2.05, 4.69) is 5.32 Å². The molecule has 45 nitrogen and oxygen atoms in total. The maximum absolute atomic E-state index is 12.0. The Morgan fingerprint density at radius 3 is 0.707 bits per heavy atom. The minimum Gasteiger partial charge on any atom is -0.394 e. The maximum Gasteiger partial charge on any atom is 0.187 e. The standard InChI is InChI=1S/C54H91NO44/c56-3-12-39(21(65)29(73)46(82)83-12)93-47-30(74)20(64)19(63)10(84-47)1-55-2-11-38-22(66)31(75)48(85-11)94-40-13(4-57)87-50(33(77)24(40)68)96-42-15(6-59)89-52(35(79)26(42)70)98-44-17(8-61)91-54(37(81)28(44)72)99-45-18(9-62)90-53(36(80)27(45)71)97-43-16(7-60)88-51(34(78)25(43)69)95-41-14(5-58)86-49(92-38)32(76)23(41)67/h10-82H,1-9H2/t10-,11-,12-,13-,14-,15-,16-,17-,18-,19+,20+,21-,22-,23-,24-,25-,26-,27-,28-,29-,30-,31-,32-,33+,34-,35+,36-,37-,38-,39-,40-,41-,42-,43-,44-,45-,46?,47+,48-,49-,50-,51-,52-,53-,54-/m1/s1. The number of aliphatic hydroxyl groups excluding tert-OH is 27.